The molecule has 1 amide bonds. The van der Waals surface area contributed by atoms with E-state index >= 15 is 0 Å². The normalized spacial score (nSPS) is 14.5. The number of nitrogens with one attached hydrogen (secondary N) is 1. The Morgan fingerprint density at radius 3 is 2.41 bits per heavy atom. The van der Waals surface area contributed by atoms with Gasteiger partial charge >= 0.3 is 0 Å². The van der Waals surface area contributed by atoms with Crippen LogP contribution in [0.25, 0.3) is 0 Å². The molecule has 0 heterocycles. The number of carbonyl (C=O) groups excluding carboxylic acids is 1. The standard InChI is InChI=1S/C13H19BrN2O/c1-8(2)12(15)13(17)16-9(3)10-6-4-5-7-11(10)14/h4-9,12H,15H2,1-3H3,(H,16,17). The van der Waals surface area contributed by atoms with Gasteiger partial charge in [0.1, 0.15) is 0 Å². The van der Waals surface area contributed by atoms with Gasteiger partial charge in [-0.2, -0.15) is 0 Å². The van der Waals surface area contributed by atoms with Crippen molar-refractivity contribution in [3.63, 3.8) is 0 Å². The van der Waals surface area contributed by atoms with Crippen molar-refractivity contribution in [2.24, 2.45) is 11.7 Å². The zero-order chi connectivity index (χ0) is 13.0. The number of halogens is 1. The fourth-order valence-electron chi connectivity index (χ4n) is 1.52. The third kappa shape index (κ3) is 3.82. The lowest BCUT2D eigenvalue weighted by Gasteiger charge is -2.20. The van der Waals surface area contributed by atoms with Gasteiger partial charge in [0.05, 0.1) is 12.1 Å². The second-order valence-electron chi connectivity index (χ2n) is 4.52. The molecule has 0 aromatic heterocycles. The van der Waals surface area contributed by atoms with E-state index in [4.69, 9.17) is 5.73 Å². The van der Waals surface area contributed by atoms with Crippen molar-refractivity contribution in [1.82, 2.24) is 5.32 Å². The van der Waals surface area contributed by atoms with Gasteiger partial charge in [0, 0.05) is 4.47 Å². The first-order valence-corrected chi connectivity index (χ1v) is 6.53. The Morgan fingerprint density at radius 1 is 1.29 bits per heavy atom. The van der Waals surface area contributed by atoms with Crippen LogP contribution >= 0.6 is 15.9 Å². The second kappa shape index (κ2) is 6.17. The summed E-state index contributed by atoms with van der Waals surface area (Å²) in [5.74, 6) is 0.0321. The lowest BCUT2D eigenvalue weighted by atomic mass is 10.0. The number of carbonyl (C=O) groups is 1. The molecule has 1 aromatic carbocycles. The third-order valence-corrected chi connectivity index (χ3v) is 3.47. The number of hydrogen-bond donors (Lipinski definition) is 2. The van der Waals surface area contributed by atoms with Crippen LogP contribution in [0.1, 0.15) is 32.4 Å². The summed E-state index contributed by atoms with van der Waals surface area (Å²) in [7, 11) is 0. The predicted molar refractivity (Wildman–Crippen MR) is 73.5 cm³/mol. The maximum atomic E-state index is 11.8. The molecule has 0 saturated carbocycles. The fourth-order valence-corrected chi connectivity index (χ4v) is 2.14. The van der Waals surface area contributed by atoms with Crippen molar-refractivity contribution >= 4 is 21.8 Å². The van der Waals surface area contributed by atoms with Gasteiger partial charge in [-0.15, -0.1) is 0 Å². The summed E-state index contributed by atoms with van der Waals surface area (Å²) in [4.78, 5) is 11.8. The van der Waals surface area contributed by atoms with E-state index < -0.39 is 6.04 Å². The van der Waals surface area contributed by atoms with E-state index in [0.717, 1.165) is 10.0 Å². The molecule has 0 spiro atoms. The Labute approximate surface area is 111 Å². The molecule has 0 aliphatic heterocycles. The summed E-state index contributed by atoms with van der Waals surface area (Å²) in [5.41, 5.74) is 6.85. The van der Waals surface area contributed by atoms with Crippen LogP contribution in [-0.2, 0) is 4.79 Å². The second-order valence-corrected chi connectivity index (χ2v) is 5.38. The minimum absolute atomic E-state index is 0.0529. The van der Waals surface area contributed by atoms with Crippen molar-refractivity contribution in [3.8, 4) is 0 Å². The maximum absolute atomic E-state index is 11.8. The third-order valence-electron chi connectivity index (χ3n) is 2.75. The van der Waals surface area contributed by atoms with Crippen LogP contribution < -0.4 is 11.1 Å². The molecule has 2 atom stereocenters. The molecular weight excluding hydrogens is 280 g/mol. The average molecular weight is 299 g/mol. The van der Waals surface area contributed by atoms with Crippen molar-refractivity contribution in [2.75, 3.05) is 0 Å². The molecule has 3 N–H and O–H groups in total. The van der Waals surface area contributed by atoms with Crippen molar-refractivity contribution in [3.05, 3.63) is 34.3 Å². The minimum atomic E-state index is -0.458. The summed E-state index contributed by atoms with van der Waals surface area (Å²) in [6.45, 7) is 5.83. The molecule has 1 rings (SSSR count). The van der Waals surface area contributed by atoms with Crippen molar-refractivity contribution < 1.29 is 4.79 Å². The molecular formula is C13H19BrN2O. The van der Waals surface area contributed by atoms with Crippen LogP contribution in [0.5, 0.6) is 0 Å². The predicted octanol–water partition coefficient (Wildman–Crippen LogP) is 2.61. The quantitative estimate of drug-likeness (QED) is 0.898. The Balaban J connectivity index is 2.70. The molecule has 0 saturated heterocycles. The lowest BCUT2D eigenvalue weighted by molar-refractivity contribution is -0.123. The van der Waals surface area contributed by atoms with Gasteiger partial charge in [-0.3, -0.25) is 4.79 Å². The molecule has 2 unspecified atom stereocenters. The molecule has 94 valence electrons. The van der Waals surface area contributed by atoms with Gasteiger partial charge < -0.3 is 11.1 Å². The van der Waals surface area contributed by atoms with E-state index in [2.05, 4.69) is 21.2 Å². The van der Waals surface area contributed by atoms with Crippen molar-refractivity contribution in [2.45, 2.75) is 32.9 Å². The van der Waals surface area contributed by atoms with Gasteiger partial charge in [-0.1, -0.05) is 48.0 Å². The highest BCUT2D eigenvalue weighted by atomic mass is 79.9. The number of nitrogens with two attached hydrogens (primary N) is 1. The molecule has 4 heteroatoms. The first-order chi connectivity index (χ1) is 7.93. The summed E-state index contributed by atoms with van der Waals surface area (Å²) in [6.07, 6.45) is 0. The Hall–Kier alpha value is -0.870. The van der Waals surface area contributed by atoms with Gasteiger partial charge in [-0.05, 0) is 24.5 Å². The maximum Gasteiger partial charge on any atom is 0.237 e. The molecule has 0 bridgehead atoms. The van der Waals surface area contributed by atoms with E-state index in [9.17, 15) is 4.79 Å². The highest BCUT2D eigenvalue weighted by Gasteiger charge is 2.20. The summed E-state index contributed by atoms with van der Waals surface area (Å²) in [5, 5.41) is 2.92. The van der Waals surface area contributed by atoms with Gasteiger partial charge in [0.25, 0.3) is 0 Å². The number of rotatable bonds is 4. The first-order valence-electron chi connectivity index (χ1n) is 5.74. The molecule has 0 fully saturated rings. The monoisotopic (exact) mass is 298 g/mol. The average Bonchev–Trinajstić information content (AvgIpc) is 2.28. The zero-order valence-corrected chi connectivity index (χ0v) is 12.0. The summed E-state index contributed by atoms with van der Waals surface area (Å²) < 4.78 is 0.992. The lowest BCUT2D eigenvalue weighted by Crippen LogP contribution is -2.44. The van der Waals surface area contributed by atoms with Crippen LogP contribution in [0.15, 0.2) is 28.7 Å². The van der Waals surface area contributed by atoms with E-state index in [0.29, 0.717) is 0 Å². The summed E-state index contributed by atoms with van der Waals surface area (Å²) in [6, 6.07) is 7.33. The number of benzene rings is 1. The van der Waals surface area contributed by atoms with Crippen LogP contribution in [0.4, 0.5) is 0 Å². The van der Waals surface area contributed by atoms with Gasteiger partial charge in [0.2, 0.25) is 5.91 Å². The van der Waals surface area contributed by atoms with Crippen LogP contribution in [-0.4, -0.2) is 11.9 Å². The fraction of sp³-hybridized carbons (Fsp3) is 0.462. The van der Waals surface area contributed by atoms with E-state index in [1.165, 1.54) is 0 Å². The van der Waals surface area contributed by atoms with Crippen LogP contribution in [0.2, 0.25) is 0 Å². The molecule has 17 heavy (non-hydrogen) atoms. The van der Waals surface area contributed by atoms with E-state index in [-0.39, 0.29) is 17.9 Å². The highest BCUT2D eigenvalue weighted by molar-refractivity contribution is 9.10. The largest absolute Gasteiger partial charge is 0.348 e. The Bertz CT molecular complexity index is 393. The highest BCUT2D eigenvalue weighted by Crippen LogP contribution is 2.22. The first kappa shape index (κ1) is 14.2. The van der Waals surface area contributed by atoms with Crippen LogP contribution in [0, 0.1) is 5.92 Å². The van der Waals surface area contributed by atoms with E-state index in [1.807, 2.05) is 45.0 Å². The molecule has 3 nitrogen and oxygen atoms in total. The smallest absolute Gasteiger partial charge is 0.237 e. The molecule has 1 aromatic rings. The zero-order valence-electron chi connectivity index (χ0n) is 10.4. The Morgan fingerprint density at radius 2 is 1.88 bits per heavy atom. The topological polar surface area (TPSA) is 55.1 Å². The number of amides is 1. The van der Waals surface area contributed by atoms with E-state index in [1.54, 1.807) is 0 Å². The Kier molecular flexibility index (Phi) is 5.15. The van der Waals surface area contributed by atoms with Gasteiger partial charge in [0.15, 0.2) is 0 Å². The van der Waals surface area contributed by atoms with Gasteiger partial charge in [-0.25, -0.2) is 0 Å². The SMILES string of the molecule is CC(NC(=O)C(N)C(C)C)c1ccccc1Br. The van der Waals surface area contributed by atoms with Crippen LogP contribution in [0.3, 0.4) is 0 Å². The minimum Gasteiger partial charge on any atom is -0.348 e. The summed E-state index contributed by atoms with van der Waals surface area (Å²) >= 11 is 3.47. The molecule has 0 aliphatic rings. The molecule has 0 radical (unpaired) electrons. The van der Waals surface area contributed by atoms with Crippen molar-refractivity contribution in [1.29, 1.82) is 0 Å². The number of hydrogen-bond acceptors (Lipinski definition) is 2. The molecule has 0 aliphatic carbocycles.